The number of benzene rings is 1. The zero-order valence-corrected chi connectivity index (χ0v) is 10.5. The van der Waals surface area contributed by atoms with Crippen LogP contribution in [0.25, 0.3) is 0 Å². The average Bonchev–Trinajstić information content (AvgIpc) is 2.42. The number of aromatic nitrogens is 1. The maximum atomic E-state index is 5.62. The van der Waals surface area contributed by atoms with Crippen LogP contribution in [0.5, 0.6) is 17.4 Å². The van der Waals surface area contributed by atoms with Gasteiger partial charge >= 0.3 is 0 Å². The number of rotatable bonds is 5. The first kappa shape index (κ1) is 12.4. The molecule has 0 aliphatic rings. The minimum Gasteiger partial charge on any atom is -0.495 e. The molecule has 1 N–H and O–H groups in total. The van der Waals surface area contributed by atoms with Gasteiger partial charge in [0, 0.05) is 12.6 Å². The lowest BCUT2D eigenvalue weighted by Gasteiger charge is -2.06. The van der Waals surface area contributed by atoms with Gasteiger partial charge < -0.3 is 14.8 Å². The Bertz CT molecular complexity index is 480. The van der Waals surface area contributed by atoms with Gasteiger partial charge in [0.25, 0.3) is 0 Å². The molecule has 2 rings (SSSR count). The highest BCUT2D eigenvalue weighted by Crippen LogP contribution is 2.21. The van der Waals surface area contributed by atoms with Crippen LogP contribution in [0.1, 0.15) is 5.56 Å². The molecule has 4 nitrogen and oxygen atoms in total. The number of nitrogens with zero attached hydrogens (tertiary/aromatic N) is 1. The Morgan fingerprint density at radius 2 is 1.78 bits per heavy atom. The number of pyridine rings is 1. The Balaban J connectivity index is 2.03. The number of nitrogens with one attached hydrogen (secondary N) is 1. The van der Waals surface area contributed by atoms with Crippen LogP contribution in [0.4, 0.5) is 0 Å². The number of ether oxygens (including phenoxy) is 2. The Labute approximate surface area is 107 Å². The van der Waals surface area contributed by atoms with E-state index < -0.39 is 0 Å². The molecular weight excluding hydrogens is 228 g/mol. The SMILES string of the molecule is CNCc1ccc(Oc2ccc(OC)cn2)cc1. The highest BCUT2D eigenvalue weighted by Gasteiger charge is 1.99. The number of hydrogen-bond donors (Lipinski definition) is 1. The monoisotopic (exact) mass is 244 g/mol. The summed E-state index contributed by atoms with van der Waals surface area (Å²) in [5.41, 5.74) is 1.22. The summed E-state index contributed by atoms with van der Waals surface area (Å²) >= 11 is 0. The van der Waals surface area contributed by atoms with Crippen LogP contribution in [0.3, 0.4) is 0 Å². The number of hydrogen-bond acceptors (Lipinski definition) is 4. The molecule has 18 heavy (non-hydrogen) atoms. The van der Waals surface area contributed by atoms with E-state index in [1.807, 2.05) is 37.4 Å². The topological polar surface area (TPSA) is 43.4 Å². The molecule has 1 aromatic heterocycles. The molecule has 1 aromatic carbocycles. The molecule has 0 unspecified atom stereocenters. The second-order valence-electron chi connectivity index (χ2n) is 3.81. The maximum Gasteiger partial charge on any atom is 0.219 e. The van der Waals surface area contributed by atoms with Gasteiger partial charge in [-0.3, -0.25) is 0 Å². The maximum absolute atomic E-state index is 5.62. The fourth-order valence-electron chi connectivity index (χ4n) is 1.55. The number of methoxy groups -OCH3 is 1. The minimum absolute atomic E-state index is 0.553. The van der Waals surface area contributed by atoms with Crippen LogP contribution in [0, 0.1) is 0 Å². The van der Waals surface area contributed by atoms with Crippen LogP contribution in [-0.2, 0) is 6.54 Å². The fraction of sp³-hybridized carbons (Fsp3) is 0.214. The third-order valence-electron chi connectivity index (χ3n) is 2.47. The molecule has 4 heteroatoms. The molecule has 0 spiro atoms. The summed E-state index contributed by atoms with van der Waals surface area (Å²) in [6.07, 6.45) is 1.63. The van der Waals surface area contributed by atoms with Crippen molar-refractivity contribution in [2.45, 2.75) is 6.54 Å². The Morgan fingerprint density at radius 1 is 1.06 bits per heavy atom. The molecule has 0 radical (unpaired) electrons. The van der Waals surface area contributed by atoms with Crippen LogP contribution < -0.4 is 14.8 Å². The smallest absolute Gasteiger partial charge is 0.219 e. The first-order chi connectivity index (χ1) is 8.81. The standard InChI is InChI=1S/C14H16N2O2/c1-15-9-11-3-5-12(6-4-11)18-14-8-7-13(17-2)10-16-14/h3-8,10,15H,9H2,1-2H3. The van der Waals surface area contributed by atoms with Gasteiger partial charge in [0.1, 0.15) is 11.5 Å². The van der Waals surface area contributed by atoms with Crippen LogP contribution in [0.15, 0.2) is 42.6 Å². The van der Waals surface area contributed by atoms with Crippen molar-refractivity contribution in [3.05, 3.63) is 48.2 Å². The van der Waals surface area contributed by atoms with Crippen molar-refractivity contribution in [1.29, 1.82) is 0 Å². The molecule has 94 valence electrons. The average molecular weight is 244 g/mol. The lowest BCUT2D eigenvalue weighted by Crippen LogP contribution is -2.04. The fourth-order valence-corrected chi connectivity index (χ4v) is 1.55. The molecule has 0 saturated carbocycles. The van der Waals surface area contributed by atoms with Gasteiger partial charge in [0.2, 0.25) is 5.88 Å². The van der Waals surface area contributed by atoms with E-state index in [4.69, 9.17) is 9.47 Å². The quantitative estimate of drug-likeness (QED) is 0.878. The van der Waals surface area contributed by atoms with E-state index >= 15 is 0 Å². The first-order valence-electron chi connectivity index (χ1n) is 5.73. The van der Waals surface area contributed by atoms with E-state index in [1.165, 1.54) is 5.56 Å². The molecule has 0 bridgehead atoms. The van der Waals surface area contributed by atoms with Crippen molar-refractivity contribution in [2.24, 2.45) is 0 Å². The van der Waals surface area contributed by atoms with Crippen molar-refractivity contribution in [3.8, 4) is 17.4 Å². The van der Waals surface area contributed by atoms with Crippen LogP contribution >= 0.6 is 0 Å². The summed E-state index contributed by atoms with van der Waals surface area (Å²) < 4.78 is 10.7. The molecule has 0 aliphatic heterocycles. The van der Waals surface area contributed by atoms with Gasteiger partial charge in [-0.05, 0) is 30.8 Å². The van der Waals surface area contributed by atoms with E-state index in [0.29, 0.717) is 11.6 Å². The molecule has 1 heterocycles. The molecule has 0 aliphatic carbocycles. The highest BCUT2D eigenvalue weighted by molar-refractivity contribution is 5.31. The van der Waals surface area contributed by atoms with Crippen molar-refractivity contribution in [2.75, 3.05) is 14.2 Å². The van der Waals surface area contributed by atoms with E-state index in [9.17, 15) is 0 Å². The highest BCUT2D eigenvalue weighted by atomic mass is 16.5. The van der Waals surface area contributed by atoms with Crippen molar-refractivity contribution < 1.29 is 9.47 Å². The lowest BCUT2D eigenvalue weighted by atomic mass is 10.2. The third-order valence-corrected chi connectivity index (χ3v) is 2.47. The molecule has 0 saturated heterocycles. The Kier molecular flexibility index (Phi) is 4.15. The Hall–Kier alpha value is -2.07. The van der Waals surface area contributed by atoms with Crippen molar-refractivity contribution in [3.63, 3.8) is 0 Å². The van der Waals surface area contributed by atoms with Gasteiger partial charge in [-0.15, -0.1) is 0 Å². The van der Waals surface area contributed by atoms with Gasteiger partial charge in [-0.25, -0.2) is 4.98 Å². The summed E-state index contributed by atoms with van der Waals surface area (Å²) in [5.74, 6) is 2.04. The van der Waals surface area contributed by atoms with E-state index in [0.717, 1.165) is 12.3 Å². The summed E-state index contributed by atoms with van der Waals surface area (Å²) in [6, 6.07) is 11.5. The van der Waals surface area contributed by atoms with Crippen molar-refractivity contribution >= 4 is 0 Å². The van der Waals surface area contributed by atoms with E-state index in [1.54, 1.807) is 19.4 Å². The van der Waals surface area contributed by atoms with E-state index in [-0.39, 0.29) is 0 Å². The van der Waals surface area contributed by atoms with Crippen molar-refractivity contribution in [1.82, 2.24) is 10.3 Å². The van der Waals surface area contributed by atoms with Gasteiger partial charge in [0.05, 0.1) is 13.3 Å². The summed E-state index contributed by atoms with van der Waals surface area (Å²) in [6.45, 7) is 0.848. The minimum atomic E-state index is 0.553. The zero-order chi connectivity index (χ0) is 12.8. The normalized spacial score (nSPS) is 10.1. The second-order valence-corrected chi connectivity index (χ2v) is 3.81. The molecule has 2 aromatic rings. The van der Waals surface area contributed by atoms with Crippen LogP contribution in [-0.4, -0.2) is 19.1 Å². The zero-order valence-electron chi connectivity index (χ0n) is 10.5. The molecule has 0 fully saturated rings. The third kappa shape index (κ3) is 3.21. The Morgan fingerprint density at radius 3 is 2.33 bits per heavy atom. The van der Waals surface area contributed by atoms with Gasteiger partial charge in [-0.1, -0.05) is 12.1 Å². The summed E-state index contributed by atoms with van der Waals surface area (Å²) in [5, 5.41) is 3.10. The van der Waals surface area contributed by atoms with Crippen LogP contribution in [0.2, 0.25) is 0 Å². The lowest BCUT2D eigenvalue weighted by molar-refractivity contribution is 0.407. The second kappa shape index (κ2) is 6.02. The largest absolute Gasteiger partial charge is 0.495 e. The van der Waals surface area contributed by atoms with E-state index in [2.05, 4.69) is 10.3 Å². The first-order valence-corrected chi connectivity index (χ1v) is 5.73. The molecule has 0 atom stereocenters. The summed E-state index contributed by atoms with van der Waals surface area (Å²) in [7, 11) is 3.53. The molecule has 0 amide bonds. The summed E-state index contributed by atoms with van der Waals surface area (Å²) in [4.78, 5) is 4.14. The van der Waals surface area contributed by atoms with Gasteiger partial charge in [0.15, 0.2) is 0 Å². The predicted molar refractivity (Wildman–Crippen MR) is 70.1 cm³/mol. The predicted octanol–water partition coefficient (Wildman–Crippen LogP) is 2.60. The van der Waals surface area contributed by atoms with Gasteiger partial charge in [-0.2, -0.15) is 0 Å². The molecular formula is C14H16N2O2.